The Bertz CT molecular complexity index is 4060. The second-order valence-corrected chi connectivity index (χ2v) is 17.6. The maximum absolute atomic E-state index is 6.56. The van der Waals surface area contributed by atoms with Gasteiger partial charge in [0.05, 0.1) is 11.0 Å². The summed E-state index contributed by atoms with van der Waals surface area (Å²) in [7, 11) is 0. The van der Waals surface area contributed by atoms with Crippen LogP contribution in [0.15, 0.2) is 228 Å². The van der Waals surface area contributed by atoms with Crippen LogP contribution in [0, 0.1) is 0 Å². The molecule has 2 atom stereocenters. The van der Waals surface area contributed by atoms with Crippen LogP contribution in [-0.4, -0.2) is 10.4 Å². The number of amidine groups is 1. The summed E-state index contributed by atoms with van der Waals surface area (Å²) in [4.78, 5) is 5.58. The van der Waals surface area contributed by atoms with Crippen LogP contribution in [0.3, 0.4) is 0 Å². The molecule has 2 unspecified atom stereocenters. The van der Waals surface area contributed by atoms with Crippen molar-refractivity contribution >= 4 is 92.7 Å². The van der Waals surface area contributed by atoms with Crippen LogP contribution >= 0.6 is 0 Å². The van der Waals surface area contributed by atoms with E-state index < -0.39 is 6.17 Å². The summed E-state index contributed by atoms with van der Waals surface area (Å²) in [6.07, 6.45) is -0.645. The lowest BCUT2D eigenvalue weighted by Gasteiger charge is -2.33. The van der Waals surface area contributed by atoms with Crippen molar-refractivity contribution in [2.24, 2.45) is 4.99 Å². The molecule has 5 heteroatoms. The summed E-state index contributed by atoms with van der Waals surface area (Å²) in [5.74, 6) is 0.839. The highest BCUT2D eigenvalue weighted by atomic mass is 16.3. The maximum atomic E-state index is 6.56. The SMILES string of the molecule is c1ccc2cc(C3=NC(c4ccc(-n5c6cc7ccccc7cc6c6cc7ccccc7cc65)cc4-c4ccc5c(c4)oc4ccccc45)NC(c4ccc5ccccc5c4)N3)ccc2c1. The largest absolute Gasteiger partial charge is 0.456 e. The van der Waals surface area contributed by atoms with E-state index >= 15 is 0 Å². The zero-order valence-electron chi connectivity index (χ0n) is 35.7. The van der Waals surface area contributed by atoms with Crippen LogP contribution in [0.5, 0.6) is 0 Å². The van der Waals surface area contributed by atoms with Gasteiger partial charge in [0.15, 0.2) is 0 Å². The minimum atomic E-state index is -0.411. The van der Waals surface area contributed by atoms with Crippen molar-refractivity contribution in [3.63, 3.8) is 0 Å². The molecule has 0 spiro atoms. The van der Waals surface area contributed by atoms with Crippen LogP contribution in [0.1, 0.15) is 29.0 Å². The molecule has 0 fully saturated rings. The van der Waals surface area contributed by atoms with Crippen molar-refractivity contribution in [1.29, 1.82) is 0 Å². The lowest BCUT2D eigenvalue weighted by atomic mass is 9.95. The third-order valence-corrected chi connectivity index (χ3v) is 13.8. The van der Waals surface area contributed by atoms with Gasteiger partial charge in [-0.15, -0.1) is 0 Å². The van der Waals surface area contributed by atoms with Crippen molar-refractivity contribution in [3.05, 3.63) is 235 Å². The summed E-state index contributed by atoms with van der Waals surface area (Å²) < 4.78 is 9.01. The Kier molecular flexibility index (Phi) is 8.12. The van der Waals surface area contributed by atoms with E-state index in [1.807, 2.05) is 12.1 Å². The minimum Gasteiger partial charge on any atom is -0.456 e. The summed E-state index contributed by atoms with van der Waals surface area (Å²) >= 11 is 0. The maximum Gasteiger partial charge on any atom is 0.136 e. The standard InChI is InChI=1S/C61H40N4O/c1-3-13-39-29-46(23-21-37(39)11-1)59-62-60(47-24-22-38-12-2-4-14-40(38)30-47)64-61(63-59)51-28-26-48(36-52(51)45-25-27-50-49-19-9-10-20-57(49)66-58(50)35-45)65-55-33-43-17-7-5-15-41(43)31-53(55)54-32-42-16-6-8-18-44(42)34-56(54)65/h1-36,59,61,63H,(H,62,64). The van der Waals surface area contributed by atoms with Gasteiger partial charge in [0, 0.05) is 32.8 Å². The van der Waals surface area contributed by atoms with Crippen LogP contribution in [0.2, 0.25) is 0 Å². The number of nitrogens with one attached hydrogen (secondary N) is 2. The van der Waals surface area contributed by atoms with Gasteiger partial charge in [-0.05, 0) is 132 Å². The normalized spacial score (nSPS) is 15.4. The van der Waals surface area contributed by atoms with Crippen LogP contribution in [0.4, 0.5) is 0 Å². The molecule has 0 aliphatic carbocycles. The Morgan fingerprint density at radius 2 is 0.970 bits per heavy atom. The summed E-state index contributed by atoms with van der Waals surface area (Å²) in [6, 6.07) is 79.1. The molecule has 11 aromatic carbocycles. The van der Waals surface area contributed by atoms with Crippen molar-refractivity contribution < 1.29 is 4.42 Å². The molecule has 13 aromatic rings. The Morgan fingerprint density at radius 3 is 1.67 bits per heavy atom. The van der Waals surface area contributed by atoms with Crippen LogP contribution < -0.4 is 10.6 Å². The number of nitrogens with zero attached hydrogens (tertiary/aromatic N) is 2. The van der Waals surface area contributed by atoms with Gasteiger partial charge >= 0.3 is 0 Å². The zero-order chi connectivity index (χ0) is 43.3. The van der Waals surface area contributed by atoms with Gasteiger partial charge in [0.25, 0.3) is 0 Å². The molecule has 1 aliphatic rings. The second-order valence-electron chi connectivity index (χ2n) is 17.6. The van der Waals surface area contributed by atoms with E-state index in [0.717, 1.165) is 61.3 Å². The number of aliphatic imine (C=N–C) groups is 1. The lowest BCUT2D eigenvalue weighted by Crippen LogP contribution is -2.45. The van der Waals surface area contributed by atoms with Gasteiger partial charge in [0.1, 0.15) is 29.3 Å². The van der Waals surface area contributed by atoms with E-state index in [1.165, 1.54) is 64.9 Å². The highest BCUT2D eigenvalue weighted by Gasteiger charge is 2.29. The number of para-hydroxylation sites is 1. The average Bonchev–Trinajstić information content (AvgIpc) is 3.90. The Labute approximate surface area is 379 Å². The first kappa shape index (κ1) is 36.9. The van der Waals surface area contributed by atoms with Gasteiger partial charge in [-0.2, -0.15) is 0 Å². The van der Waals surface area contributed by atoms with Crippen LogP contribution in [-0.2, 0) is 0 Å². The molecule has 3 heterocycles. The monoisotopic (exact) mass is 844 g/mol. The number of hydrogen-bond acceptors (Lipinski definition) is 4. The second kappa shape index (κ2) is 14.5. The van der Waals surface area contributed by atoms with Crippen molar-refractivity contribution in [1.82, 2.24) is 15.2 Å². The highest BCUT2D eigenvalue weighted by molar-refractivity contribution is 6.17. The summed E-state index contributed by atoms with van der Waals surface area (Å²) in [5.41, 5.74) is 10.5. The fourth-order valence-electron chi connectivity index (χ4n) is 10.5. The first-order chi connectivity index (χ1) is 32.6. The topological polar surface area (TPSA) is 54.5 Å². The van der Waals surface area contributed by atoms with Crippen LogP contribution in [0.25, 0.3) is 104 Å². The molecule has 5 nitrogen and oxygen atoms in total. The molecule has 1 aliphatic heterocycles. The first-order valence-electron chi connectivity index (χ1n) is 22.7. The molecule has 66 heavy (non-hydrogen) atoms. The number of furan rings is 1. The van der Waals surface area contributed by atoms with E-state index in [1.54, 1.807) is 0 Å². The molecule has 0 bridgehead atoms. The molecule has 14 rings (SSSR count). The van der Waals surface area contributed by atoms with Gasteiger partial charge < -0.3 is 14.3 Å². The number of fused-ring (bicyclic) bond motifs is 10. The first-order valence-corrected chi connectivity index (χ1v) is 22.7. The van der Waals surface area contributed by atoms with E-state index in [0.29, 0.717) is 0 Å². The molecule has 0 saturated heterocycles. The van der Waals surface area contributed by atoms with Gasteiger partial charge in [-0.3, -0.25) is 5.32 Å². The fraction of sp³-hybridized carbons (Fsp3) is 0.0328. The highest BCUT2D eigenvalue weighted by Crippen LogP contribution is 2.42. The van der Waals surface area contributed by atoms with Crippen molar-refractivity contribution in [2.75, 3.05) is 0 Å². The molecular weight excluding hydrogens is 805 g/mol. The van der Waals surface area contributed by atoms with E-state index in [2.05, 4.69) is 221 Å². The number of benzene rings is 11. The van der Waals surface area contributed by atoms with Crippen molar-refractivity contribution in [3.8, 4) is 16.8 Å². The van der Waals surface area contributed by atoms with E-state index in [4.69, 9.17) is 9.41 Å². The predicted molar refractivity (Wildman–Crippen MR) is 275 cm³/mol. The molecule has 2 aromatic heterocycles. The Balaban J connectivity index is 1.01. The van der Waals surface area contributed by atoms with Gasteiger partial charge in [-0.1, -0.05) is 152 Å². The minimum absolute atomic E-state index is 0.233. The third-order valence-electron chi connectivity index (χ3n) is 13.8. The smallest absolute Gasteiger partial charge is 0.136 e. The van der Waals surface area contributed by atoms with Gasteiger partial charge in [0.2, 0.25) is 0 Å². The fourth-order valence-corrected chi connectivity index (χ4v) is 10.5. The molecule has 0 amide bonds. The Morgan fingerprint density at radius 1 is 0.409 bits per heavy atom. The average molecular weight is 845 g/mol. The van der Waals surface area contributed by atoms with Gasteiger partial charge in [-0.25, -0.2) is 4.99 Å². The number of rotatable bonds is 5. The summed E-state index contributed by atoms with van der Waals surface area (Å²) in [6.45, 7) is 0. The molecule has 0 radical (unpaired) electrons. The van der Waals surface area contributed by atoms with E-state index in [-0.39, 0.29) is 6.17 Å². The number of aromatic nitrogens is 1. The molecule has 310 valence electrons. The number of hydrogen-bond donors (Lipinski definition) is 2. The molecular formula is C61H40N4O. The zero-order valence-corrected chi connectivity index (χ0v) is 35.7. The van der Waals surface area contributed by atoms with Crippen molar-refractivity contribution in [2.45, 2.75) is 12.3 Å². The third kappa shape index (κ3) is 5.94. The quantitative estimate of drug-likeness (QED) is 0.181. The molecule has 0 saturated carbocycles. The Hall–Kier alpha value is -8.51. The molecule has 2 N–H and O–H groups in total. The predicted octanol–water partition coefficient (Wildman–Crippen LogP) is 15.3. The lowest BCUT2D eigenvalue weighted by molar-refractivity contribution is 0.410. The van der Waals surface area contributed by atoms with E-state index in [9.17, 15) is 0 Å². The summed E-state index contributed by atoms with van der Waals surface area (Å²) in [5, 5.41) is 22.1.